The minimum absolute atomic E-state index is 0.279. The van der Waals surface area contributed by atoms with Gasteiger partial charge in [-0.15, -0.1) is 0 Å². The Hall–Kier alpha value is -0.440. The minimum atomic E-state index is -0.794. The maximum Gasteiger partial charge on any atom is 0.136 e. The van der Waals surface area contributed by atoms with Crippen molar-refractivity contribution in [1.82, 2.24) is 0 Å². The first-order valence-corrected chi connectivity index (χ1v) is 10.2. The number of benzene rings is 2. The standard InChI is InChI=1S/C12H8Br2FOP/c13-17(14)12-7-6-10(8-11(12)15)16-9-4-2-1-3-5-9/h1-8H. The van der Waals surface area contributed by atoms with Gasteiger partial charge in [0, 0.05) is 11.4 Å². The molecule has 0 spiro atoms. The van der Waals surface area contributed by atoms with E-state index in [-0.39, 0.29) is 5.82 Å². The van der Waals surface area contributed by atoms with E-state index in [9.17, 15) is 4.39 Å². The molecule has 0 bridgehead atoms. The summed E-state index contributed by atoms with van der Waals surface area (Å²) >= 11 is 6.65. The van der Waals surface area contributed by atoms with Crippen LogP contribution < -0.4 is 10.0 Å². The smallest absolute Gasteiger partial charge is 0.136 e. The molecule has 17 heavy (non-hydrogen) atoms. The van der Waals surface area contributed by atoms with Crippen molar-refractivity contribution in [3.63, 3.8) is 0 Å². The van der Waals surface area contributed by atoms with Crippen molar-refractivity contribution in [2.45, 2.75) is 0 Å². The number of hydrogen-bond donors (Lipinski definition) is 0. The molecule has 2 aromatic carbocycles. The molecule has 0 atom stereocenters. The van der Waals surface area contributed by atoms with Gasteiger partial charge in [-0.1, -0.05) is 18.2 Å². The molecule has 88 valence electrons. The lowest BCUT2D eigenvalue weighted by Crippen LogP contribution is -2.01. The van der Waals surface area contributed by atoms with Crippen molar-refractivity contribution in [3.8, 4) is 11.5 Å². The zero-order chi connectivity index (χ0) is 12.3. The van der Waals surface area contributed by atoms with Gasteiger partial charge in [0.15, 0.2) is 0 Å². The molecule has 2 aromatic rings. The average molecular weight is 378 g/mol. The normalized spacial score (nSPS) is 10.6. The Morgan fingerprint density at radius 2 is 1.65 bits per heavy atom. The number of ether oxygens (including phenoxy) is 1. The molecule has 0 saturated heterocycles. The quantitative estimate of drug-likeness (QED) is 0.655. The summed E-state index contributed by atoms with van der Waals surface area (Å²) in [4.78, 5) is 0. The maximum atomic E-state index is 13.7. The molecule has 0 heterocycles. The molecule has 0 aliphatic carbocycles. The van der Waals surface area contributed by atoms with Crippen LogP contribution in [0.5, 0.6) is 11.5 Å². The molecule has 0 amide bonds. The van der Waals surface area contributed by atoms with E-state index in [1.807, 2.05) is 30.3 Å². The predicted molar refractivity (Wildman–Crippen MR) is 77.3 cm³/mol. The summed E-state index contributed by atoms with van der Waals surface area (Å²) in [6.07, 6.45) is 0. The van der Waals surface area contributed by atoms with Gasteiger partial charge in [-0.3, -0.25) is 0 Å². The Balaban J connectivity index is 2.21. The summed E-state index contributed by atoms with van der Waals surface area (Å²) in [6, 6.07) is 14.2. The SMILES string of the molecule is Fc1cc(Oc2ccccc2)ccc1P(Br)Br. The Bertz CT molecular complexity index is 505. The van der Waals surface area contributed by atoms with Crippen LogP contribution in [0.4, 0.5) is 4.39 Å². The topological polar surface area (TPSA) is 9.23 Å². The third kappa shape index (κ3) is 3.51. The molecular formula is C12H8Br2FOP. The fraction of sp³-hybridized carbons (Fsp3) is 0. The molecular weight excluding hydrogens is 370 g/mol. The molecule has 5 heteroatoms. The Labute approximate surface area is 116 Å². The van der Waals surface area contributed by atoms with Crippen LogP contribution >= 0.6 is 36.3 Å². The third-order valence-corrected chi connectivity index (χ3v) is 5.10. The van der Waals surface area contributed by atoms with E-state index in [0.29, 0.717) is 16.8 Å². The number of rotatable bonds is 3. The molecule has 0 saturated carbocycles. The predicted octanol–water partition coefficient (Wildman–Crippen LogP) is 5.35. The van der Waals surface area contributed by atoms with Crippen LogP contribution in [0.25, 0.3) is 0 Å². The minimum Gasteiger partial charge on any atom is -0.457 e. The number of hydrogen-bond acceptors (Lipinski definition) is 1. The molecule has 0 radical (unpaired) electrons. The third-order valence-electron chi connectivity index (χ3n) is 2.08. The van der Waals surface area contributed by atoms with Crippen LogP contribution in [0.15, 0.2) is 48.5 Å². The Morgan fingerprint density at radius 3 is 2.24 bits per heavy atom. The average Bonchev–Trinajstić information content (AvgIpc) is 2.30. The van der Waals surface area contributed by atoms with Gasteiger partial charge in [0.2, 0.25) is 0 Å². The summed E-state index contributed by atoms with van der Waals surface area (Å²) in [5.41, 5.74) is 0. The van der Waals surface area contributed by atoms with Gasteiger partial charge >= 0.3 is 0 Å². The summed E-state index contributed by atoms with van der Waals surface area (Å²) < 4.78 is 19.2. The van der Waals surface area contributed by atoms with Crippen LogP contribution in [0.3, 0.4) is 0 Å². The lowest BCUT2D eigenvalue weighted by atomic mass is 10.3. The summed E-state index contributed by atoms with van der Waals surface area (Å²) in [5.74, 6) is 0.909. The second-order valence-electron chi connectivity index (χ2n) is 3.26. The molecule has 0 unspecified atom stereocenters. The van der Waals surface area contributed by atoms with E-state index in [1.54, 1.807) is 12.1 Å². The van der Waals surface area contributed by atoms with Gasteiger partial charge in [-0.05, 0) is 55.2 Å². The van der Waals surface area contributed by atoms with E-state index in [1.165, 1.54) is 6.07 Å². The van der Waals surface area contributed by atoms with Crippen LogP contribution in [0, 0.1) is 5.82 Å². The second kappa shape index (κ2) is 5.94. The highest BCUT2D eigenvalue weighted by Gasteiger charge is 2.10. The summed E-state index contributed by atoms with van der Waals surface area (Å²) in [5, 5.41) is -0.182. The zero-order valence-electron chi connectivity index (χ0n) is 8.61. The van der Waals surface area contributed by atoms with Crippen molar-refractivity contribution in [1.29, 1.82) is 0 Å². The monoisotopic (exact) mass is 376 g/mol. The van der Waals surface area contributed by atoms with Crippen molar-refractivity contribution >= 4 is 41.6 Å². The lowest BCUT2D eigenvalue weighted by molar-refractivity contribution is 0.477. The van der Waals surface area contributed by atoms with Gasteiger partial charge < -0.3 is 4.74 Å². The zero-order valence-corrected chi connectivity index (χ0v) is 12.7. The van der Waals surface area contributed by atoms with Gasteiger partial charge in [-0.25, -0.2) is 4.39 Å². The molecule has 0 aromatic heterocycles. The van der Waals surface area contributed by atoms with Crippen LogP contribution in [0.2, 0.25) is 0 Å². The molecule has 1 nitrogen and oxygen atoms in total. The van der Waals surface area contributed by atoms with Crippen LogP contribution in [-0.4, -0.2) is 0 Å². The molecule has 0 aliphatic heterocycles. The first-order valence-electron chi connectivity index (χ1n) is 4.81. The van der Waals surface area contributed by atoms with E-state index < -0.39 is 5.33 Å². The van der Waals surface area contributed by atoms with Crippen molar-refractivity contribution in [3.05, 3.63) is 54.3 Å². The fourth-order valence-corrected chi connectivity index (χ4v) is 3.45. The summed E-state index contributed by atoms with van der Waals surface area (Å²) in [6.45, 7) is 0. The molecule has 2 rings (SSSR count). The van der Waals surface area contributed by atoms with Crippen molar-refractivity contribution in [2.24, 2.45) is 0 Å². The first kappa shape index (κ1) is 13.0. The largest absolute Gasteiger partial charge is 0.457 e. The van der Waals surface area contributed by atoms with E-state index >= 15 is 0 Å². The highest BCUT2D eigenvalue weighted by atomic mass is 79.9. The highest BCUT2D eigenvalue weighted by molar-refractivity contribution is 9.70. The van der Waals surface area contributed by atoms with Crippen molar-refractivity contribution < 1.29 is 9.13 Å². The molecule has 0 fully saturated rings. The van der Waals surface area contributed by atoms with Gasteiger partial charge in [0.25, 0.3) is 0 Å². The first-order chi connectivity index (χ1) is 8.16. The molecule has 0 N–H and O–H groups in total. The van der Waals surface area contributed by atoms with Crippen LogP contribution in [-0.2, 0) is 0 Å². The second-order valence-corrected chi connectivity index (χ2v) is 11.3. The number of para-hydroxylation sites is 1. The van der Waals surface area contributed by atoms with Gasteiger partial charge in [0.1, 0.15) is 17.3 Å². The van der Waals surface area contributed by atoms with Crippen LogP contribution in [0.1, 0.15) is 0 Å². The van der Waals surface area contributed by atoms with E-state index in [4.69, 9.17) is 4.74 Å². The fourth-order valence-electron chi connectivity index (χ4n) is 1.31. The van der Waals surface area contributed by atoms with E-state index in [0.717, 1.165) is 0 Å². The number of halogens is 3. The van der Waals surface area contributed by atoms with Gasteiger partial charge in [-0.2, -0.15) is 0 Å². The Morgan fingerprint density at radius 1 is 0.941 bits per heavy atom. The lowest BCUT2D eigenvalue weighted by Gasteiger charge is -2.08. The van der Waals surface area contributed by atoms with Crippen molar-refractivity contribution in [2.75, 3.05) is 0 Å². The molecule has 0 aliphatic rings. The Kier molecular flexibility index (Phi) is 4.55. The highest BCUT2D eigenvalue weighted by Crippen LogP contribution is 2.51. The van der Waals surface area contributed by atoms with Gasteiger partial charge in [0.05, 0.1) is 5.33 Å². The summed E-state index contributed by atoms with van der Waals surface area (Å²) in [7, 11) is 0. The van der Waals surface area contributed by atoms with E-state index in [2.05, 4.69) is 31.0 Å². The maximum absolute atomic E-state index is 13.7.